The molecule has 0 atom stereocenters. The van der Waals surface area contributed by atoms with Crippen LogP contribution < -0.4 is 0 Å². The second-order valence-electron chi connectivity index (χ2n) is 2.68. The first-order chi connectivity index (χ1) is 6.68. The van der Waals surface area contributed by atoms with Gasteiger partial charge in [0, 0.05) is 12.4 Å². The summed E-state index contributed by atoms with van der Waals surface area (Å²) in [5, 5.41) is -0.191. The van der Waals surface area contributed by atoms with Crippen LogP contribution >= 0.6 is 11.6 Å². The maximum Gasteiger partial charge on any atom is 0.197 e. The molecule has 0 aliphatic heterocycles. The lowest BCUT2D eigenvalue weighted by Gasteiger charge is -2.00. The Morgan fingerprint density at radius 1 is 1.43 bits per heavy atom. The van der Waals surface area contributed by atoms with Crippen molar-refractivity contribution >= 4 is 11.6 Å². The first-order valence-electron chi connectivity index (χ1n) is 3.88. The summed E-state index contributed by atoms with van der Waals surface area (Å²) in [6.07, 6.45) is 3.19. The Bertz CT molecular complexity index is 431. The number of hydrogen-bond donors (Lipinski definition) is 1. The highest BCUT2D eigenvalue weighted by Crippen LogP contribution is 2.17. The Morgan fingerprint density at radius 2 is 2.21 bits per heavy atom. The molecule has 72 valence electrons. The minimum Gasteiger partial charge on any atom is -0.342 e. The summed E-state index contributed by atoms with van der Waals surface area (Å²) >= 11 is 5.57. The molecule has 2 aromatic heterocycles. The third kappa shape index (κ3) is 1.46. The van der Waals surface area contributed by atoms with Crippen LogP contribution in [0, 0.1) is 12.7 Å². The Morgan fingerprint density at radius 3 is 2.79 bits per heavy atom. The SMILES string of the molecule is Cc1nc(-c2ncc[nH]2)nc(Cl)c1F. The van der Waals surface area contributed by atoms with Crippen molar-refractivity contribution in [3.63, 3.8) is 0 Å². The van der Waals surface area contributed by atoms with Gasteiger partial charge in [0.15, 0.2) is 22.6 Å². The highest BCUT2D eigenvalue weighted by molar-refractivity contribution is 6.29. The fourth-order valence-corrected chi connectivity index (χ4v) is 1.23. The predicted octanol–water partition coefficient (Wildman–Crippen LogP) is 1.97. The molecule has 0 bridgehead atoms. The van der Waals surface area contributed by atoms with Crippen LogP contribution in [0.1, 0.15) is 5.69 Å². The average molecular weight is 213 g/mol. The van der Waals surface area contributed by atoms with E-state index in [4.69, 9.17) is 11.6 Å². The largest absolute Gasteiger partial charge is 0.342 e. The lowest BCUT2D eigenvalue weighted by atomic mass is 10.4. The molecule has 0 saturated carbocycles. The van der Waals surface area contributed by atoms with Crippen LogP contribution in [0.5, 0.6) is 0 Å². The molecule has 4 nitrogen and oxygen atoms in total. The van der Waals surface area contributed by atoms with Gasteiger partial charge in [0.1, 0.15) is 0 Å². The number of nitrogens with one attached hydrogen (secondary N) is 1. The molecule has 1 N–H and O–H groups in total. The second kappa shape index (κ2) is 3.34. The van der Waals surface area contributed by atoms with E-state index >= 15 is 0 Å². The van der Waals surface area contributed by atoms with Crippen molar-refractivity contribution in [1.82, 2.24) is 19.9 Å². The summed E-state index contributed by atoms with van der Waals surface area (Å²) in [5.41, 5.74) is 0.205. The van der Waals surface area contributed by atoms with Crippen molar-refractivity contribution < 1.29 is 4.39 Å². The third-order valence-corrected chi connectivity index (χ3v) is 1.94. The van der Waals surface area contributed by atoms with Gasteiger partial charge in [-0.3, -0.25) is 0 Å². The monoisotopic (exact) mass is 212 g/mol. The molecule has 0 fully saturated rings. The first-order valence-corrected chi connectivity index (χ1v) is 4.25. The number of imidazole rings is 1. The number of hydrogen-bond acceptors (Lipinski definition) is 3. The van der Waals surface area contributed by atoms with Gasteiger partial charge in [-0.05, 0) is 6.92 Å². The topological polar surface area (TPSA) is 54.5 Å². The number of aryl methyl sites for hydroxylation is 1. The lowest BCUT2D eigenvalue weighted by Crippen LogP contribution is -1.98. The van der Waals surface area contributed by atoms with E-state index in [0.717, 1.165) is 0 Å². The Kier molecular flexibility index (Phi) is 2.17. The van der Waals surface area contributed by atoms with Gasteiger partial charge in [0.25, 0.3) is 0 Å². The van der Waals surface area contributed by atoms with Crippen LogP contribution in [0.4, 0.5) is 4.39 Å². The van der Waals surface area contributed by atoms with Crippen molar-refractivity contribution in [2.24, 2.45) is 0 Å². The van der Waals surface area contributed by atoms with E-state index in [1.165, 1.54) is 6.92 Å². The molecule has 0 amide bonds. The minimum absolute atomic E-state index is 0.191. The zero-order chi connectivity index (χ0) is 10.1. The quantitative estimate of drug-likeness (QED) is 0.736. The van der Waals surface area contributed by atoms with Gasteiger partial charge in [0.2, 0.25) is 0 Å². The molecular formula is C8H6ClFN4. The molecule has 0 saturated heterocycles. The summed E-state index contributed by atoms with van der Waals surface area (Å²) in [7, 11) is 0. The van der Waals surface area contributed by atoms with E-state index in [1.54, 1.807) is 12.4 Å². The molecule has 0 spiro atoms. The molecule has 14 heavy (non-hydrogen) atoms. The van der Waals surface area contributed by atoms with Gasteiger partial charge in [-0.15, -0.1) is 0 Å². The van der Waals surface area contributed by atoms with E-state index in [2.05, 4.69) is 19.9 Å². The summed E-state index contributed by atoms with van der Waals surface area (Å²) < 4.78 is 13.1. The number of aromatic amines is 1. The summed E-state index contributed by atoms with van der Waals surface area (Å²) in [6.45, 7) is 1.52. The summed E-state index contributed by atoms with van der Waals surface area (Å²) in [4.78, 5) is 14.4. The molecule has 0 aliphatic carbocycles. The number of nitrogens with zero attached hydrogens (tertiary/aromatic N) is 3. The van der Waals surface area contributed by atoms with Crippen molar-refractivity contribution in [3.8, 4) is 11.6 Å². The van der Waals surface area contributed by atoms with Gasteiger partial charge < -0.3 is 4.98 Å². The van der Waals surface area contributed by atoms with Crippen LogP contribution in [-0.4, -0.2) is 19.9 Å². The second-order valence-corrected chi connectivity index (χ2v) is 3.03. The van der Waals surface area contributed by atoms with Crippen LogP contribution in [0.25, 0.3) is 11.6 Å². The maximum atomic E-state index is 13.1. The maximum absolute atomic E-state index is 13.1. The smallest absolute Gasteiger partial charge is 0.197 e. The summed E-state index contributed by atoms with van der Waals surface area (Å²) in [6, 6.07) is 0. The molecule has 0 aromatic carbocycles. The first kappa shape index (κ1) is 9.08. The predicted molar refractivity (Wildman–Crippen MR) is 49.3 cm³/mol. The van der Waals surface area contributed by atoms with Crippen LogP contribution in [-0.2, 0) is 0 Å². The van der Waals surface area contributed by atoms with Gasteiger partial charge in [-0.25, -0.2) is 19.3 Å². The highest BCUT2D eigenvalue weighted by atomic mass is 35.5. The van der Waals surface area contributed by atoms with Crippen LogP contribution in [0.2, 0.25) is 5.15 Å². The fraction of sp³-hybridized carbons (Fsp3) is 0.125. The highest BCUT2D eigenvalue weighted by Gasteiger charge is 2.11. The molecular weight excluding hydrogens is 207 g/mol. The Hall–Kier alpha value is -1.49. The number of aromatic nitrogens is 4. The van der Waals surface area contributed by atoms with E-state index in [1.807, 2.05) is 0 Å². The Balaban J connectivity index is 2.57. The standard InChI is InChI=1S/C8H6ClFN4/c1-4-5(10)6(9)14-8(13-4)7-11-2-3-12-7/h2-3H,1H3,(H,11,12). The van der Waals surface area contributed by atoms with Gasteiger partial charge in [0.05, 0.1) is 5.69 Å². The zero-order valence-electron chi connectivity index (χ0n) is 7.25. The molecule has 2 heterocycles. The van der Waals surface area contributed by atoms with E-state index < -0.39 is 5.82 Å². The number of rotatable bonds is 1. The summed E-state index contributed by atoms with van der Waals surface area (Å²) in [5.74, 6) is 0.163. The molecule has 6 heteroatoms. The average Bonchev–Trinajstić information content (AvgIpc) is 2.66. The number of H-pyrrole nitrogens is 1. The van der Waals surface area contributed by atoms with E-state index in [9.17, 15) is 4.39 Å². The van der Waals surface area contributed by atoms with Gasteiger partial charge in [-0.2, -0.15) is 0 Å². The molecule has 0 unspecified atom stereocenters. The molecule has 0 aliphatic rings. The van der Waals surface area contributed by atoms with Crippen molar-refractivity contribution in [3.05, 3.63) is 29.1 Å². The van der Waals surface area contributed by atoms with Crippen LogP contribution in [0.3, 0.4) is 0 Å². The van der Waals surface area contributed by atoms with Crippen molar-refractivity contribution in [2.45, 2.75) is 6.92 Å². The zero-order valence-corrected chi connectivity index (χ0v) is 8.01. The van der Waals surface area contributed by atoms with Gasteiger partial charge in [-0.1, -0.05) is 11.6 Å². The van der Waals surface area contributed by atoms with E-state index in [0.29, 0.717) is 11.6 Å². The van der Waals surface area contributed by atoms with Crippen molar-refractivity contribution in [2.75, 3.05) is 0 Å². The fourth-order valence-electron chi connectivity index (χ4n) is 1.02. The van der Waals surface area contributed by atoms with Crippen molar-refractivity contribution in [1.29, 1.82) is 0 Å². The molecule has 0 radical (unpaired) electrons. The van der Waals surface area contributed by atoms with Crippen LogP contribution in [0.15, 0.2) is 12.4 Å². The Labute approximate surface area is 84.2 Å². The third-order valence-electron chi connectivity index (χ3n) is 1.69. The minimum atomic E-state index is -0.595. The van der Waals surface area contributed by atoms with Gasteiger partial charge >= 0.3 is 0 Å². The number of halogens is 2. The molecule has 2 rings (SSSR count). The lowest BCUT2D eigenvalue weighted by molar-refractivity contribution is 0.602. The van der Waals surface area contributed by atoms with E-state index in [-0.39, 0.29) is 10.8 Å². The normalized spacial score (nSPS) is 10.5. The molecule has 2 aromatic rings.